The van der Waals surface area contributed by atoms with Gasteiger partial charge in [-0.1, -0.05) is 6.07 Å². The highest BCUT2D eigenvalue weighted by Gasteiger charge is 2.73. The number of amides is 1. The van der Waals surface area contributed by atoms with Gasteiger partial charge in [0.15, 0.2) is 9.84 Å². The Bertz CT molecular complexity index is 1360. The number of carbonyl (C=O) groups is 1. The van der Waals surface area contributed by atoms with Gasteiger partial charge in [-0.3, -0.25) is 9.48 Å². The van der Waals surface area contributed by atoms with E-state index in [1.807, 2.05) is 11.0 Å². The normalized spacial score (nSPS) is 36.1. The molecule has 7 saturated carbocycles. The lowest BCUT2D eigenvalue weighted by atomic mass is 9.41. The average Bonchev–Trinajstić information content (AvgIpc) is 3.61. The second kappa shape index (κ2) is 7.45. The lowest BCUT2D eigenvalue weighted by Crippen LogP contribution is -2.71. The van der Waals surface area contributed by atoms with Crippen LogP contribution in [0.1, 0.15) is 87.9 Å². The van der Waals surface area contributed by atoms with Gasteiger partial charge in [0.2, 0.25) is 5.91 Å². The van der Waals surface area contributed by atoms with Gasteiger partial charge in [0, 0.05) is 42.6 Å². The van der Waals surface area contributed by atoms with Crippen molar-refractivity contribution in [3.8, 4) is 0 Å². The van der Waals surface area contributed by atoms with Gasteiger partial charge in [0.25, 0.3) is 0 Å². The Morgan fingerprint density at radius 2 is 1.73 bits per heavy atom. The molecule has 4 bridgehead atoms. The van der Waals surface area contributed by atoms with Crippen LogP contribution in [0.4, 0.5) is 10.1 Å². The zero-order valence-electron chi connectivity index (χ0n) is 21.8. The Balaban J connectivity index is 1.16. The fraction of sp³-hybridized carbons (Fsp3) is 0.655. The van der Waals surface area contributed by atoms with Gasteiger partial charge in [0.1, 0.15) is 5.67 Å². The largest absolute Gasteiger partial charge is 0.311 e. The Morgan fingerprint density at radius 3 is 2.30 bits per heavy atom. The van der Waals surface area contributed by atoms with Crippen LogP contribution in [0.15, 0.2) is 35.2 Å². The maximum atomic E-state index is 14.4. The van der Waals surface area contributed by atoms with Crippen molar-refractivity contribution in [2.75, 3.05) is 17.7 Å². The van der Waals surface area contributed by atoms with Gasteiger partial charge in [-0.15, -0.1) is 0 Å². The minimum atomic E-state index is -3.41. The number of hydrogen-bond acceptors (Lipinski definition) is 4. The number of hydrogen-bond donors (Lipinski definition) is 0. The van der Waals surface area contributed by atoms with Crippen LogP contribution in [0.2, 0.25) is 0 Å². The molecule has 7 fully saturated rings. The highest BCUT2D eigenvalue weighted by Crippen LogP contribution is 2.70. The number of carbonyl (C=O) groups excluding carboxylic acids is 1. The molecule has 0 aliphatic heterocycles. The Labute approximate surface area is 218 Å². The van der Waals surface area contributed by atoms with E-state index in [0.29, 0.717) is 37.4 Å². The third kappa shape index (κ3) is 3.64. The summed E-state index contributed by atoms with van der Waals surface area (Å²) < 4.78 is 41.1. The summed E-state index contributed by atoms with van der Waals surface area (Å²) in [7, 11) is -1.32. The van der Waals surface area contributed by atoms with Crippen molar-refractivity contribution in [3.63, 3.8) is 0 Å². The summed E-state index contributed by atoms with van der Waals surface area (Å²) in [6.07, 6.45) is 11.0. The van der Waals surface area contributed by atoms with Gasteiger partial charge in [-0.05, 0) is 100 Å². The minimum Gasteiger partial charge on any atom is -0.311 e. The highest BCUT2D eigenvalue weighted by molar-refractivity contribution is 7.90. The van der Waals surface area contributed by atoms with E-state index in [4.69, 9.17) is 5.10 Å². The van der Waals surface area contributed by atoms with E-state index < -0.39 is 20.9 Å². The lowest BCUT2D eigenvalue weighted by molar-refractivity contribution is -0.211. The summed E-state index contributed by atoms with van der Waals surface area (Å²) in [6, 6.07) is 9.13. The van der Waals surface area contributed by atoms with Gasteiger partial charge < -0.3 is 4.90 Å². The number of rotatable bonds is 7. The van der Waals surface area contributed by atoms with E-state index in [-0.39, 0.29) is 21.6 Å². The van der Waals surface area contributed by atoms with Crippen LogP contribution in [-0.2, 0) is 27.1 Å². The van der Waals surface area contributed by atoms with E-state index in [9.17, 15) is 17.6 Å². The molecule has 0 spiro atoms. The summed E-state index contributed by atoms with van der Waals surface area (Å²) in [5, 5.41) is 4.85. The first-order valence-corrected chi connectivity index (χ1v) is 15.7. The molecular formula is C29H36FN3O3S. The van der Waals surface area contributed by atoms with Crippen LogP contribution < -0.4 is 4.90 Å². The molecule has 0 radical (unpaired) electrons. The van der Waals surface area contributed by atoms with Crippen LogP contribution in [0.25, 0.3) is 0 Å². The van der Waals surface area contributed by atoms with Gasteiger partial charge in [-0.25, -0.2) is 12.8 Å². The molecule has 1 aromatic heterocycles. The summed E-state index contributed by atoms with van der Waals surface area (Å²) in [6.45, 7) is 0.578. The van der Waals surface area contributed by atoms with Crippen molar-refractivity contribution in [1.29, 1.82) is 0 Å². The Morgan fingerprint density at radius 1 is 1.08 bits per heavy atom. The molecule has 0 N–H and O–H groups in total. The van der Waals surface area contributed by atoms with Crippen LogP contribution in [0.5, 0.6) is 0 Å². The standard InChI is InChI=1S/C29H36FN3O3S/c1-32-24(15-23(31-32)20-6-7-20)27-11-8-26(9-12-27,10-13-27)19-33(25(34)28-16-29(30,17-28)18-28)21-4-3-5-22(14-21)37(2,35)36/h3-5,14-15,20H,6-13,16-19H2,1-2H3. The molecule has 0 saturated heterocycles. The SMILES string of the molecule is Cn1nc(C2CC2)cc1C12CCC(CN(C(=O)C34CC(F)(C3)C4)c3cccc(S(C)(=O)=O)c3)(CC1)CC2. The predicted molar refractivity (Wildman–Crippen MR) is 139 cm³/mol. The maximum absolute atomic E-state index is 14.4. The van der Waals surface area contributed by atoms with Crippen LogP contribution in [0, 0.1) is 10.8 Å². The van der Waals surface area contributed by atoms with Crippen LogP contribution in [0.3, 0.4) is 0 Å². The lowest BCUT2D eigenvalue weighted by Gasteiger charge is -2.65. The minimum absolute atomic E-state index is 0.00730. The van der Waals surface area contributed by atoms with E-state index >= 15 is 0 Å². The van der Waals surface area contributed by atoms with Gasteiger partial charge >= 0.3 is 0 Å². The first kappa shape index (κ1) is 23.9. The van der Waals surface area contributed by atoms with Crippen LogP contribution in [-0.4, -0.2) is 42.6 Å². The molecule has 1 heterocycles. The van der Waals surface area contributed by atoms with Crippen molar-refractivity contribution in [2.45, 2.75) is 92.5 Å². The molecule has 0 unspecified atom stereocenters. The number of halogens is 1. The number of nitrogens with zero attached hydrogens (tertiary/aromatic N) is 3. The Kier molecular flexibility index (Phi) is 4.81. The number of aromatic nitrogens is 2. The predicted octanol–water partition coefficient (Wildman–Crippen LogP) is 5.22. The Hall–Kier alpha value is -2.22. The topological polar surface area (TPSA) is 72.3 Å². The van der Waals surface area contributed by atoms with Crippen molar-refractivity contribution < 1.29 is 17.6 Å². The number of benzene rings is 1. The molecule has 7 aliphatic rings. The number of aryl methyl sites for hydroxylation is 1. The summed E-state index contributed by atoms with van der Waals surface area (Å²) in [5.41, 5.74) is 1.66. The first-order chi connectivity index (χ1) is 17.4. The smallest absolute Gasteiger partial charge is 0.233 e. The van der Waals surface area contributed by atoms with Gasteiger partial charge in [-0.2, -0.15) is 5.10 Å². The number of anilines is 1. The summed E-state index contributed by atoms with van der Waals surface area (Å²) in [4.78, 5) is 16.0. The maximum Gasteiger partial charge on any atom is 0.233 e. The quantitative estimate of drug-likeness (QED) is 0.497. The molecule has 1 amide bonds. The highest BCUT2D eigenvalue weighted by atomic mass is 32.2. The van der Waals surface area contributed by atoms with Crippen molar-refractivity contribution in [3.05, 3.63) is 41.7 Å². The number of sulfone groups is 1. The van der Waals surface area contributed by atoms with Gasteiger partial charge in [0.05, 0.1) is 16.0 Å². The van der Waals surface area contributed by atoms with E-state index in [1.165, 1.54) is 30.5 Å². The van der Waals surface area contributed by atoms with Crippen LogP contribution >= 0.6 is 0 Å². The zero-order valence-corrected chi connectivity index (χ0v) is 22.6. The monoisotopic (exact) mass is 525 g/mol. The summed E-state index contributed by atoms with van der Waals surface area (Å²) in [5.74, 6) is 0.625. The zero-order chi connectivity index (χ0) is 25.8. The van der Waals surface area contributed by atoms with Crippen molar-refractivity contribution in [2.24, 2.45) is 17.9 Å². The molecular weight excluding hydrogens is 489 g/mol. The molecule has 37 heavy (non-hydrogen) atoms. The molecule has 0 atom stereocenters. The van der Waals surface area contributed by atoms with E-state index in [0.717, 1.165) is 38.5 Å². The van der Waals surface area contributed by atoms with E-state index in [1.54, 1.807) is 18.2 Å². The molecule has 7 aliphatic carbocycles. The third-order valence-corrected chi connectivity index (χ3v) is 11.7. The first-order valence-electron chi connectivity index (χ1n) is 13.8. The molecule has 2 aromatic rings. The molecule has 9 rings (SSSR count). The van der Waals surface area contributed by atoms with Crippen molar-refractivity contribution >= 4 is 21.4 Å². The number of alkyl halides is 1. The second-order valence-corrected chi connectivity index (χ2v) is 15.3. The fourth-order valence-electron chi connectivity index (χ4n) is 8.12. The third-order valence-electron chi connectivity index (χ3n) is 10.6. The second-order valence-electron chi connectivity index (χ2n) is 13.3. The average molecular weight is 526 g/mol. The number of fused-ring (bicyclic) bond motifs is 3. The fourth-order valence-corrected chi connectivity index (χ4v) is 8.78. The summed E-state index contributed by atoms with van der Waals surface area (Å²) >= 11 is 0. The molecule has 8 heteroatoms. The molecule has 1 aromatic carbocycles. The molecule has 6 nitrogen and oxygen atoms in total. The van der Waals surface area contributed by atoms with E-state index in [2.05, 4.69) is 17.8 Å². The van der Waals surface area contributed by atoms with Crippen molar-refractivity contribution in [1.82, 2.24) is 9.78 Å². The molecule has 198 valence electrons.